The Labute approximate surface area is 129 Å². The number of rotatable bonds is 1. The zero-order chi connectivity index (χ0) is 15.1. The highest BCUT2D eigenvalue weighted by Gasteiger charge is 2.29. The molecular weight excluding hydrogens is 274 g/mol. The fraction of sp³-hybridized carbons (Fsp3) is 0.353. The third kappa shape index (κ3) is 2.18. The third-order valence-electron chi connectivity index (χ3n) is 4.51. The van der Waals surface area contributed by atoms with Crippen molar-refractivity contribution in [3.8, 4) is 0 Å². The van der Waals surface area contributed by atoms with Crippen LogP contribution in [0.25, 0.3) is 11.9 Å². The van der Waals surface area contributed by atoms with Crippen molar-refractivity contribution in [3.05, 3.63) is 46.6 Å². The SMILES string of the molecule is NC1=NC2=c3ccccc3=CCCN2C(N2CC[C@@H](N)C2)=C1. The molecule has 3 aliphatic heterocycles. The van der Waals surface area contributed by atoms with E-state index in [-0.39, 0.29) is 6.04 Å². The first-order chi connectivity index (χ1) is 10.7. The van der Waals surface area contributed by atoms with Gasteiger partial charge in [-0.15, -0.1) is 0 Å². The molecule has 1 fully saturated rings. The van der Waals surface area contributed by atoms with Crippen molar-refractivity contribution < 1.29 is 0 Å². The molecule has 5 nitrogen and oxygen atoms in total. The molecule has 0 spiro atoms. The Bertz CT molecular complexity index is 776. The molecule has 0 unspecified atom stereocenters. The molecule has 22 heavy (non-hydrogen) atoms. The molecule has 0 bridgehead atoms. The summed E-state index contributed by atoms with van der Waals surface area (Å²) >= 11 is 0. The maximum atomic E-state index is 6.10. The van der Waals surface area contributed by atoms with Gasteiger partial charge in [0.05, 0.1) is 0 Å². The minimum Gasteiger partial charge on any atom is -0.384 e. The number of hydrogen-bond acceptors (Lipinski definition) is 5. The average Bonchev–Trinajstić information content (AvgIpc) is 2.86. The largest absolute Gasteiger partial charge is 0.384 e. The molecule has 1 atom stereocenters. The molecule has 1 saturated heterocycles. The molecule has 0 aromatic heterocycles. The Morgan fingerprint density at radius 2 is 2.05 bits per heavy atom. The van der Waals surface area contributed by atoms with Crippen LogP contribution in [-0.2, 0) is 0 Å². The topological polar surface area (TPSA) is 70.9 Å². The molecular formula is C17H21N5. The Morgan fingerprint density at radius 3 is 2.86 bits per heavy atom. The molecule has 3 heterocycles. The van der Waals surface area contributed by atoms with E-state index in [4.69, 9.17) is 11.5 Å². The van der Waals surface area contributed by atoms with Gasteiger partial charge in [-0.25, -0.2) is 4.99 Å². The fourth-order valence-corrected chi connectivity index (χ4v) is 3.44. The van der Waals surface area contributed by atoms with Crippen LogP contribution in [0.1, 0.15) is 12.8 Å². The number of fused-ring (bicyclic) bond motifs is 2. The van der Waals surface area contributed by atoms with Crippen molar-refractivity contribution in [3.63, 3.8) is 0 Å². The molecule has 4 rings (SSSR count). The van der Waals surface area contributed by atoms with Crippen LogP contribution in [0.4, 0.5) is 0 Å². The van der Waals surface area contributed by atoms with Crippen LogP contribution in [0, 0.1) is 0 Å². The van der Waals surface area contributed by atoms with Crippen molar-refractivity contribution in [2.75, 3.05) is 19.6 Å². The summed E-state index contributed by atoms with van der Waals surface area (Å²) in [7, 11) is 0. The lowest BCUT2D eigenvalue weighted by atomic mass is 10.2. The van der Waals surface area contributed by atoms with E-state index in [1.807, 2.05) is 6.08 Å². The first kappa shape index (κ1) is 13.4. The van der Waals surface area contributed by atoms with Gasteiger partial charge < -0.3 is 21.3 Å². The van der Waals surface area contributed by atoms with Gasteiger partial charge >= 0.3 is 0 Å². The lowest BCUT2D eigenvalue weighted by Crippen LogP contribution is -2.41. The molecule has 1 aromatic carbocycles. The van der Waals surface area contributed by atoms with Crippen LogP contribution in [-0.4, -0.2) is 41.3 Å². The second-order valence-electron chi connectivity index (χ2n) is 6.09. The molecule has 5 heteroatoms. The van der Waals surface area contributed by atoms with Gasteiger partial charge in [-0.05, 0) is 18.1 Å². The standard InChI is InChI=1S/C17H21N5/c18-13-7-9-21(11-13)16-10-15(19)20-17-14-6-2-1-4-12(14)5-3-8-22(16)17/h1-2,4-6,10,13H,3,7-9,11,18H2,(H2,19,20)/t13-/m1/s1. The van der Waals surface area contributed by atoms with E-state index in [0.717, 1.165) is 49.3 Å². The third-order valence-corrected chi connectivity index (χ3v) is 4.51. The van der Waals surface area contributed by atoms with Crippen molar-refractivity contribution in [1.29, 1.82) is 0 Å². The van der Waals surface area contributed by atoms with E-state index >= 15 is 0 Å². The quantitative estimate of drug-likeness (QED) is 0.732. The first-order valence-corrected chi connectivity index (χ1v) is 7.86. The average molecular weight is 295 g/mol. The summed E-state index contributed by atoms with van der Waals surface area (Å²) in [6, 6.07) is 8.63. The van der Waals surface area contributed by atoms with Crippen molar-refractivity contribution in [2.45, 2.75) is 18.9 Å². The summed E-state index contributed by atoms with van der Waals surface area (Å²) < 4.78 is 0. The zero-order valence-electron chi connectivity index (χ0n) is 12.6. The smallest absolute Gasteiger partial charge is 0.144 e. The van der Waals surface area contributed by atoms with Crippen LogP contribution in [0.3, 0.4) is 0 Å². The molecule has 4 N–H and O–H groups in total. The van der Waals surface area contributed by atoms with E-state index < -0.39 is 0 Å². The summed E-state index contributed by atoms with van der Waals surface area (Å²) in [5, 5.41) is 2.38. The van der Waals surface area contributed by atoms with E-state index in [2.05, 4.69) is 45.1 Å². The van der Waals surface area contributed by atoms with E-state index in [1.54, 1.807) is 0 Å². The van der Waals surface area contributed by atoms with Gasteiger partial charge in [-0.3, -0.25) is 0 Å². The maximum Gasteiger partial charge on any atom is 0.144 e. The summed E-state index contributed by atoms with van der Waals surface area (Å²) in [5.41, 5.74) is 12.2. The second kappa shape index (κ2) is 5.18. The van der Waals surface area contributed by atoms with Gasteiger partial charge in [0.1, 0.15) is 17.5 Å². The highest BCUT2D eigenvalue weighted by molar-refractivity contribution is 5.96. The van der Waals surface area contributed by atoms with Gasteiger partial charge in [0.2, 0.25) is 0 Å². The highest BCUT2D eigenvalue weighted by atomic mass is 15.4. The second-order valence-corrected chi connectivity index (χ2v) is 6.09. The Hall–Kier alpha value is -2.27. The number of amidine groups is 1. The van der Waals surface area contributed by atoms with E-state index in [9.17, 15) is 0 Å². The van der Waals surface area contributed by atoms with Crippen LogP contribution in [0.2, 0.25) is 0 Å². The van der Waals surface area contributed by atoms with Crippen LogP contribution >= 0.6 is 0 Å². The number of hydrogen-bond donors (Lipinski definition) is 2. The van der Waals surface area contributed by atoms with Crippen LogP contribution in [0.15, 0.2) is 41.2 Å². The summed E-state index contributed by atoms with van der Waals surface area (Å²) in [4.78, 5) is 9.25. The monoisotopic (exact) mass is 295 g/mol. The number of nitrogens with zero attached hydrogens (tertiary/aromatic N) is 3. The fourth-order valence-electron chi connectivity index (χ4n) is 3.44. The normalized spacial score (nSPS) is 24.0. The predicted octanol–water partition coefficient (Wildman–Crippen LogP) is -0.516. The summed E-state index contributed by atoms with van der Waals surface area (Å²) in [6.07, 6.45) is 6.28. The zero-order valence-corrected chi connectivity index (χ0v) is 12.6. The summed E-state index contributed by atoms with van der Waals surface area (Å²) in [5.74, 6) is 2.67. The van der Waals surface area contributed by atoms with E-state index in [0.29, 0.717) is 5.84 Å². The lowest BCUT2D eigenvalue weighted by Gasteiger charge is -2.35. The van der Waals surface area contributed by atoms with Gasteiger partial charge in [-0.1, -0.05) is 30.3 Å². The summed E-state index contributed by atoms with van der Waals surface area (Å²) in [6.45, 7) is 2.78. The highest BCUT2D eigenvalue weighted by Crippen LogP contribution is 2.26. The van der Waals surface area contributed by atoms with Crippen molar-refractivity contribution in [2.24, 2.45) is 16.5 Å². The van der Waals surface area contributed by atoms with Crippen LogP contribution in [0.5, 0.6) is 0 Å². The molecule has 114 valence electrons. The molecule has 3 aliphatic rings. The first-order valence-electron chi connectivity index (χ1n) is 7.86. The van der Waals surface area contributed by atoms with Gasteiger partial charge in [0.25, 0.3) is 0 Å². The Morgan fingerprint density at radius 1 is 1.18 bits per heavy atom. The van der Waals surface area contributed by atoms with Crippen LogP contribution < -0.4 is 21.9 Å². The Kier molecular flexibility index (Phi) is 3.15. The van der Waals surface area contributed by atoms with Crippen molar-refractivity contribution in [1.82, 2.24) is 9.80 Å². The lowest BCUT2D eigenvalue weighted by molar-refractivity contribution is 0.297. The maximum absolute atomic E-state index is 6.10. The van der Waals surface area contributed by atoms with Gasteiger partial charge in [0.15, 0.2) is 0 Å². The van der Waals surface area contributed by atoms with E-state index in [1.165, 1.54) is 5.22 Å². The number of nitrogens with two attached hydrogens (primary N) is 2. The van der Waals surface area contributed by atoms with Crippen molar-refractivity contribution >= 4 is 17.7 Å². The molecule has 0 saturated carbocycles. The molecule has 0 radical (unpaired) electrons. The molecule has 0 amide bonds. The van der Waals surface area contributed by atoms with Gasteiger partial charge in [0, 0.05) is 37.0 Å². The molecule has 0 aliphatic carbocycles. The Balaban J connectivity index is 1.86. The number of aliphatic imine (C=N–C) groups is 1. The minimum absolute atomic E-state index is 0.246. The number of likely N-dealkylation sites (tertiary alicyclic amines) is 1. The minimum atomic E-state index is 0.246. The van der Waals surface area contributed by atoms with Gasteiger partial charge in [-0.2, -0.15) is 0 Å². The molecule has 1 aromatic rings. The number of benzene rings is 1. The predicted molar refractivity (Wildman–Crippen MR) is 88.8 cm³/mol.